The summed E-state index contributed by atoms with van der Waals surface area (Å²) in [6.45, 7) is 2.69. The number of rotatable bonds is 3. The lowest BCUT2D eigenvalue weighted by Gasteiger charge is -2.07. The van der Waals surface area contributed by atoms with E-state index in [4.69, 9.17) is 11.6 Å². The lowest BCUT2D eigenvalue weighted by atomic mass is 10.3. The molecule has 18 heavy (non-hydrogen) atoms. The van der Waals surface area contributed by atoms with Crippen molar-refractivity contribution >= 4 is 33.6 Å². The summed E-state index contributed by atoms with van der Waals surface area (Å²) in [7, 11) is 0. The molecule has 3 rings (SSSR count). The first-order valence-corrected chi connectivity index (χ1v) is 6.76. The van der Waals surface area contributed by atoms with Crippen molar-refractivity contribution < 1.29 is 0 Å². The molecule has 0 amide bonds. The first-order chi connectivity index (χ1) is 8.75. The molecule has 3 heterocycles. The summed E-state index contributed by atoms with van der Waals surface area (Å²) in [6.07, 6.45) is 5.43. The van der Waals surface area contributed by atoms with Crippen molar-refractivity contribution in [3.05, 3.63) is 46.4 Å². The average molecular weight is 279 g/mol. The fourth-order valence-electron chi connectivity index (χ4n) is 1.84. The molecule has 0 bridgehead atoms. The number of pyridine rings is 1. The number of fused-ring (bicyclic) bond motifs is 1. The van der Waals surface area contributed by atoms with Crippen LogP contribution in [0.15, 0.2) is 30.0 Å². The van der Waals surface area contributed by atoms with E-state index < -0.39 is 0 Å². The standard InChI is InChI=1S/C12H11ClN4S/c1-8-11(17-4-5-18-12(17)16-8)7-15-10-6-14-3-2-9(10)13/h2-6,15H,7H2,1H3. The third-order valence-electron chi connectivity index (χ3n) is 2.78. The predicted molar refractivity (Wildman–Crippen MR) is 74.4 cm³/mol. The highest BCUT2D eigenvalue weighted by atomic mass is 35.5. The van der Waals surface area contributed by atoms with Gasteiger partial charge < -0.3 is 5.32 Å². The van der Waals surface area contributed by atoms with E-state index in [1.54, 1.807) is 29.8 Å². The number of aryl methyl sites for hydroxylation is 1. The highest BCUT2D eigenvalue weighted by molar-refractivity contribution is 7.15. The summed E-state index contributed by atoms with van der Waals surface area (Å²) in [6, 6.07) is 1.77. The van der Waals surface area contributed by atoms with Crippen LogP contribution < -0.4 is 5.32 Å². The number of nitrogens with zero attached hydrogens (tertiary/aromatic N) is 3. The van der Waals surface area contributed by atoms with Crippen LogP contribution in [0.3, 0.4) is 0 Å². The molecule has 0 aliphatic rings. The van der Waals surface area contributed by atoms with E-state index in [0.717, 1.165) is 22.0 Å². The maximum atomic E-state index is 6.08. The smallest absolute Gasteiger partial charge is 0.194 e. The first-order valence-electron chi connectivity index (χ1n) is 5.50. The van der Waals surface area contributed by atoms with Gasteiger partial charge in [0.05, 0.1) is 34.8 Å². The van der Waals surface area contributed by atoms with E-state index in [2.05, 4.69) is 19.7 Å². The monoisotopic (exact) mass is 278 g/mol. The zero-order chi connectivity index (χ0) is 12.5. The Morgan fingerprint density at radius 1 is 1.50 bits per heavy atom. The average Bonchev–Trinajstić information content (AvgIpc) is 2.90. The highest BCUT2D eigenvalue weighted by Crippen LogP contribution is 2.22. The number of hydrogen-bond acceptors (Lipinski definition) is 4. The zero-order valence-electron chi connectivity index (χ0n) is 9.72. The van der Waals surface area contributed by atoms with Crippen LogP contribution in [-0.2, 0) is 6.54 Å². The van der Waals surface area contributed by atoms with E-state index in [9.17, 15) is 0 Å². The second kappa shape index (κ2) is 4.59. The van der Waals surface area contributed by atoms with Crippen molar-refractivity contribution in [2.45, 2.75) is 13.5 Å². The summed E-state index contributed by atoms with van der Waals surface area (Å²) >= 11 is 7.71. The SMILES string of the molecule is Cc1nc2sccn2c1CNc1cnccc1Cl. The van der Waals surface area contributed by atoms with Crippen molar-refractivity contribution in [1.29, 1.82) is 0 Å². The van der Waals surface area contributed by atoms with Crippen molar-refractivity contribution in [2.24, 2.45) is 0 Å². The highest BCUT2D eigenvalue weighted by Gasteiger charge is 2.09. The summed E-state index contributed by atoms with van der Waals surface area (Å²) in [5.41, 5.74) is 3.02. The molecule has 0 fully saturated rings. The molecule has 4 nitrogen and oxygen atoms in total. The number of imidazole rings is 1. The van der Waals surface area contributed by atoms with Gasteiger partial charge in [-0.05, 0) is 13.0 Å². The van der Waals surface area contributed by atoms with Gasteiger partial charge in [0.15, 0.2) is 4.96 Å². The van der Waals surface area contributed by atoms with Crippen molar-refractivity contribution in [3.63, 3.8) is 0 Å². The predicted octanol–water partition coefficient (Wildman–Crippen LogP) is 3.36. The van der Waals surface area contributed by atoms with Crippen LogP contribution in [0.2, 0.25) is 5.02 Å². The van der Waals surface area contributed by atoms with Crippen LogP contribution in [0.5, 0.6) is 0 Å². The van der Waals surface area contributed by atoms with Gasteiger partial charge in [-0.15, -0.1) is 11.3 Å². The van der Waals surface area contributed by atoms with Gasteiger partial charge in [0, 0.05) is 17.8 Å². The minimum Gasteiger partial charge on any atom is -0.377 e. The van der Waals surface area contributed by atoms with Crippen molar-refractivity contribution in [1.82, 2.24) is 14.4 Å². The minimum atomic E-state index is 0.675. The lowest BCUT2D eigenvalue weighted by molar-refractivity contribution is 0.992. The Morgan fingerprint density at radius 3 is 3.22 bits per heavy atom. The molecular formula is C12H11ClN4S. The summed E-state index contributed by atoms with van der Waals surface area (Å²) in [5.74, 6) is 0. The van der Waals surface area contributed by atoms with Gasteiger partial charge in [-0.25, -0.2) is 4.98 Å². The molecular weight excluding hydrogens is 268 g/mol. The van der Waals surface area contributed by atoms with Crippen molar-refractivity contribution in [2.75, 3.05) is 5.32 Å². The summed E-state index contributed by atoms with van der Waals surface area (Å²) in [5, 5.41) is 5.99. The third kappa shape index (κ3) is 1.95. The van der Waals surface area contributed by atoms with Gasteiger partial charge in [0.2, 0.25) is 0 Å². The number of halogens is 1. The second-order valence-electron chi connectivity index (χ2n) is 3.91. The Bertz CT molecular complexity index is 688. The Balaban J connectivity index is 1.87. The first kappa shape index (κ1) is 11.5. The molecule has 0 saturated carbocycles. The molecule has 92 valence electrons. The molecule has 0 unspecified atom stereocenters. The van der Waals surface area contributed by atoms with E-state index in [0.29, 0.717) is 11.6 Å². The minimum absolute atomic E-state index is 0.675. The Morgan fingerprint density at radius 2 is 2.39 bits per heavy atom. The van der Waals surface area contributed by atoms with Crippen molar-refractivity contribution in [3.8, 4) is 0 Å². The van der Waals surface area contributed by atoms with E-state index in [1.165, 1.54) is 0 Å². The van der Waals surface area contributed by atoms with Crippen LogP contribution in [0, 0.1) is 6.92 Å². The van der Waals surface area contributed by atoms with Gasteiger partial charge in [-0.1, -0.05) is 11.6 Å². The molecule has 0 saturated heterocycles. The van der Waals surface area contributed by atoms with Gasteiger partial charge in [0.25, 0.3) is 0 Å². The molecule has 0 spiro atoms. The molecule has 0 aliphatic heterocycles. The number of aromatic nitrogens is 3. The number of nitrogens with one attached hydrogen (secondary N) is 1. The Kier molecular flexibility index (Phi) is 2.93. The normalized spacial score (nSPS) is 11.0. The van der Waals surface area contributed by atoms with Crippen LogP contribution in [0.1, 0.15) is 11.4 Å². The topological polar surface area (TPSA) is 42.2 Å². The largest absolute Gasteiger partial charge is 0.377 e. The summed E-state index contributed by atoms with van der Waals surface area (Å²) in [4.78, 5) is 9.57. The molecule has 6 heteroatoms. The maximum Gasteiger partial charge on any atom is 0.194 e. The van der Waals surface area contributed by atoms with Gasteiger partial charge in [-0.3, -0.25) is 9.38 Å². The number of thiazole rings is 1. The molecule has 0 aliphatic carbocycles. The fourth-order valence-corrected chi connectivity index (χ4v) is 2.79. The van der Waals surface area contributed by atoms with E-state index in [1.807, 2.05) is 18.5 Å². The Labute approximate surface area is 113 Å². The van der Waals surface area contributed by atoms with E-state index >= 15 is 0 Å². The molecule has 3 aromatic heterocycles. The van der Waals surface area contributed by atoms with E-state index in [-0.39, 0.29) is 0 Å². The molecule has 1 N–H and O–H groups in total. The lowest BCUT2D eigenvalue weighted by Crippen LogP contribution is -2.04. The quantitative estimate of drug-likeness (QED) is 0.799. The maximum absolute atomic E-state index is 6.08. The molecule has 0 aromatic carbocycles. The number of hydrogen-bond donors (Lipinski definition) is 1. The molecule has 0 atom stereocenters. The summed E-state index contributed by atoms with van der Waals surface area (Å²) < 4.78 is 2.09. The van der Waals surface area contributed by atoms with Crippen LogP contribution in [-0.4, -0.2) is 14.4 Å². The third-order valence-corrected chi connectivity index (χ3v) is 3.86. The van der Waals surface area contributed by atoms with Gasteiger partial charge >= 0.3 is 0 Å². The molecule has 3 aromatic rings. The van der Waals surface area contributed by atoms with Crippen LogP contribution in [0.4, 0.5) is 5.69 Å². The van der Waals surface area contributed by atoms with Crippen LogP contribution >= 0.6 is 22.9 Å². The molecule has 0 radical (unpaired) electrons. The number of anilines is 1. The van der Waals surface area contributed by atoms with Gasteiger partial charge in [-0.2, -0.15) is 0 Å². The fraction of sp³-hybridized carbons (Fsp3) is 0.167. The van der Waals surface area contributed by atoms with Gasteiger partial charge in [0.1, 0.15) is 0 Å². The van der Waals surface area contributed by atoms with Crippen LogP contribution in [0.25, 0.3) is 4.96 Å². The second-order valence-corrected chi connectivity index (χ2v) is 5.19. The zero-order valence-corrected chi connectivity index (χ0v) is 11.3. The Hall–Kier alpha value is -1.59.